The number of nitrogens with one attached hydrogen (secondary N) is 1. The molecule has 2 heterocycles. The molecule has 0 amide bonds. The van der Waals surface area contributed by atoms with E-state index in [0.717, 1.165) is 17.8 Å². The Kier molecular flexibility index (Phi) is 3.14. The Bertz CT molecular complexity index is 536. The first-order valence-corrected chi connectivity index (χ1v) is 5.55. The minimum Gasteiger partial charge on any atom is -0.382 e. The van der Waals surface area contributed by atoms with Crippen molar-refractivity contribution >= 4 is 28.9 Å². The van der Waals surface area contributed by atoms with Crippen molar-refractivity contribution in [2.45, 2.75) is 13.3 Å². The molecular formula is C10H13ClN6. The Morgan fingerprint density at radius 3 is 2.94 bits per heavy atom. The average Bonchev–Trinajstić information content (AvgIpc) is 2.65. The Hall–Kier alpha value is -1.82. The SMILES string of the molecule is CCc1nn(C)cc1Nc1ncnc(N)c1Cl. The van der Waals surface area contributed by atoms with Gasteiger partial charge in [-0.05, 0) is 6.42 Å². The van der Waals surface area contributed by atoms with Crippen molar-refractivity contribution in [3.05, 3.63) is 23.2 Å². The summed E-state index contributed by atoms with van der Waals surface area (Å²) in [5.74, 6) is 0.743. The molecule has 2 aromatic heterocycles. The molecule has 0 saturated carbocycles. The number of hydrogen-bond acceptors (Lipinski definition) is 5. The zero-order valence-electron chi connectivity index (χ0n) is 9.61. The van der Waals surface area contributed by atoms with E-state index in [9.17, 15) is 0 Å². The van der Waals surface area contributed by atoms with Crippen molar-refractivity contribution in [2.75, 3.05) is 11.1 Å². The van der Waals surface area contributed by atoms with Gasteiger partial charge in [-0.3, -0.25) is 4.68 Å². The maximum Gasteiger partial charge on any atom is 0.154 e. The van der Waals surface area contributed by atoms with Gasteiger partial charge < -0.3 is 11.1 Å². The second-order valence-electron chi connectivity index (χ2n) is 3.56. The third-order valence-electron chi connectivity index (χ3n) is 2.31. The number of nitrogen functional groups attached to an aromatic ring is 1. The van der Waals surface area contributed by atoms with Crippen LogP contribution in [0.25, 0.3) is 0 Å². The van der Waals surface area contributed by atoms with E-state index in [1.54, 1.807) is 4.68 Å². The number of nitrogens with two attached hydrogens (primary N) is 1. The first-order chi connectivity index (χ1) is 8.11. The van der Waals surface area contributed by atoms with Crippen LogP contribution in [-0.2, 0) is 13.5 Å². The van der Waals surface area contributed by atoms with Crippen molar-refractivity contribution in [3.63, 3.8) is 0 Å². The summed E-state index contributed by atoms with van der Waals surface area (Å²) >= 11 is 6.01. The summed E-state index contributed by atoms with van der Waals surface area (Å²) in [5, 5.41) is 7.74. The lowest BCUT2D eigenvalue weighted by atomic mass is 10.3. The van der Waals surface area contributed by atoms with Gasteiger partial charge in [0.15, 0.2) is 5.82 Å². The first-order valence-electron chi connectivity index (χ1n) is 5.17. The topological polar surface area (TPSA) is 81.7 Å². The van der Waals surface area contributed by atoms with Gasteiger partial charge in [0, 0.05) is 13.2 Å². The number of rotatable bonds is 3. The summed E-state index contributed by atoms with van der Waals surface area (Å²) in [6.07, 6.45) is 4.06. The van der Waals surface area contributed by atoms with E-state index < -0.39 is 0 Å². The lowest BCUT2D eigenvalue weighted by molar-refractivity contribution is 0.746. The van der Waals surface area contributed by atoms with Crippen LogP contribution in [0.1, 0.15) is 12.6 Å². The third kappa shape index (κ3) is 2.31. The molecule has 0 aliphatic heterocycles. The molecule has 17 heavy (non-hydrogen) atoms. The van der Waals surface area contributed by atoms with Crippen molar-refractivity contribution < 1.29 is 0 Å². The highest BCUT2D eigenvalue weighted by molar-refractivity contribution is 6.35. The number of aryl methyl sites for hydroxylation is 2. The van der Waals surface area contributed by atoms with Crippen molar-refractivity contribution in [1.82, 2.24) is 19.7 Å². The molecule has 0 saturated heterocycles. The Morgan fingerprint density at radius 2 is 2.24 bits per heavy atom. The van der Waals surface area contributed by atoms with E-state index in [2.05, 4.69) is 20.4 Å². The highest BCUT2D eigenvalue weighted by atomic mass is 35.5. The molecule has 0 spiro atoms. The van der Waals surface area contributed by atoms with Gasteiger partial charge in [-0.15, -0.1) is 0 Å². The smallest absolute Gasteiger partial charge is 0.154 e. The first kappa shape index (κ1) is 11.7. The van der Waals surface area contributed by atoms with Crippen LogP contribution < -0.4 is 11.1 Å². The van der Waals surface area contributed by atoms with Gasteiger partial charge in [0.1, 0.15) is 17.2 Å². The molecule has 0 aliphatic rings. The molecule has 0 aromatic carbocycles. The van der Waals surface area contributed by atoms with Crippen LogP contribution in [0.5, 0.6) is 0 Å². The fraction of sp³-hybridized carbons (Fsp3) is 0.300. The lowest BCUT2D eigenvalue weighted by Gasteiger charge is -2.07. The molecule has 2 rings (SSSR count). The second kappa shape index (κ2) is 4.58. The Morgan fingerprint density at radius 1 is 1.47 bits per heavy atom. The number of halogens is 1. The minimum atomic E-state index is 0.256. The lowest BCUT2D eigenvalue weighted by Crippen LogP contribution is -2.00. The van der Waals surface area contributed by atoms with E-state index in [-0.39, 0.29) is 5.82 Å². The van der Waals surface area contributed by atoms with Crippen molar-refractivity contribution in [3.8, 4) is 0 Å². The normalized spacial score (nSPS) is 10.5. The molecule has 3 N–H and O–H groups in total. The molecule has 0 atom stereocenters. The Balaban J connectivity index is 2.34. The molecule has 90 valence electrons. The van der Waals surface area contributed by atoms with E-state index in [4.69, 9.17) is 17.3 Å². The molecule has 0 unspecified atom stereocenters. The summed E-state index contributed by atoms with van der Waals surface area (Å²) in [4.78, 5) is 7.85. The largest absolute Gasteiger partial charge is 0.382 e. The number of aromatic nitrogens is 4. The van der Waals surface area contributed by atoms with Crippen LogP contribution in [-0.4, -0.2) is 19.7 Å². The monoisotopic (exact) mass is 252 g/mol. The zero-order chi connectivity index (χ0) is 12.4. The van der Waals surface area contributed by atoms with Crippen LogP contribution in [0.15, 0.2) is 12.5 Å². The summed E-state index contributed by atoms with van der Waals surface area (Å²) < 4.78 is 1.74. The van der Waals surface area contributed by atoms with Gasteiger partial charge in [0.2, 0.25) is 0 Å². The molecule has 0 aliphatic carbocycles. The fourth-order valence-electron chi connectivity index (χ4n) is 1.50. The van der Waals surface area contributed by atoms with Crippen molar-refractivity contribution in [1.29, 1.82) is 0 Å². The predicted octanol–water partition coefficient (Wildman–Crippen LogP) is 1.75. The summed E-state index contributed by atoms with van der Waals surface area (Å²) in [5.41, 5.74) is 7.42. The molecule has 7 heteroatoms. The van der Waals surface area contributed by atoms with Crippen LogP contribution in [0.3, 0.4) is 0 Å². The predicted molar refractivity (Wildman–Crippen MR) is 67.3 cm³/mol. The maximum absolute atomic E-state index is 6.01. The zero-order valence-corrected chi connectivity index (χ0v) is 10.4. The highest BCUT2D eigenvalue weighted by Crippen LogP contribution is 2.27. The van der Waals surface area contributed by atoms with E-state index in [1.807, 2.05) is 20.2 Å². The van der Waals surface area contributed by atoms with Gasteiger partial charge >= 0.3 is 0 Å². The fourth-order valence-corrected chi connectivity index (χ4v) is 1.64. The Labute approximate surface area is 104 Å². The molecule has 0 fully saturated rings. The summed E-state index contributed by atoms with van der Waals surface area (Å²) in [7, 11) is 1.86. The molecule has 6 nitrogen and oxygen atoms in total. The van der Waals surface area contributed by atoms with Crippen molar-refractivity contribution in [2.24, 2.45) is 7.05 Å². The third-order valence-corrected chi connectivity index (χ3v) is 2.68. The van der Waals surface area contributed by atoms with Gasteiger partial charge in [-0.25, -0.2) is 9.97 Å². The van der Waals surface area contributed by atoms with Gasteiger partial charge in [0.05, 0.1) is 11.4 Å². The number of nitrogens with zero attached hydrogens (tertiary/aromatic N) is 4. The van der Waals surface area contributed by atoms with Gasteiger partial charge in [0.25, 0.3) is 0 Å². The van der Waals surface area contributed by atoms with Gasteiger partial charge in [-0.2, -0.15) is 5.10 Å². The standard InChI is InChI=1S/C10H13ClN6/c1-3-6-7(4-17(2)16-6)15-10-8(11)9(12)13-5-14-10/h4-5H,3H2,1-2H3,(H3,12,13,14,15). The quantitative estimate of drug-likeness (QED) is 0.870. The molecule has 2 aromatic rings. The van der Waals surface area contributed by atoms with E-state index in [0.29, 0.717) is 10.8 Å². The summed E-state index contributed by atoms with van der Waals surface area (Å²) in [6.45, 7) is 2.03. The highest BCUT2D eigenvalue weighted by Gasteiger charge is 2.10. The van der Waals surface area contributed by atoms with Crippen LogP contribution in [0, 0.1) is 0 Å². The van der Waals surface area contributed by atoms with Gasteiger partial charge in [-0.1, -0.05) is 18.5 Å². The van der Waals surface area contributed by atoms with E-state index in [1.165, 1.54) is 6.33 Å². The minimum absolute atomic E-state index is 0.256. The van der Waals surface area contributed by atoms with Crippen LogP contribution in [0.4, 0.5) is 17.3 Å². The number of hydrogen-bond donors (Lipinski definition) is 2. The maximum atomic E-state index is 6.01. The van der Waals surface area contributed by atoms with Crippen LogP contribution in [0.2, 0.25) is 5.02 Å². The summed E-state index contributed by atoms with van der Waals surface area (Å²) in [6, 6.07) is 0. The number of anilines is 3. The molecule has 0 bridgehead atoms. The van der Waals surface area contributed by atoms with Crippen LogP contribution >= 0.6 is 11.6 Å². The molecule has 0 radical (unpaired) electrons. The second-order valence-corrected chi connectivity index (χ2v) is 3.94. The average molecular weight is 253 g/mol. The van der Waals surface area contributed by atoms with E-state index >= 15 is 0 Å². The molecular weight excluding hydrogens is 240 g/mol.